The van der Waals surface area contributed by atoms with E-state index in [1.54, 1.807) is 20.0 Å². The van der Waals surface area contributed by atoms with Crippen LogP contribution in [0.5, 0.6) is 0 Å². The monoisotopic (exact) mass is 250 g/mol. The number of hydrogen-bond donors (Lipinski definition) is 2. The first-order valence-electron chi connectivity index (χ1n) is 5.63. The normalized spacial score (nSPS) is 13.1. The van der Waals surface area contributed by atoms with Crippen molar-refractivity contribution in [3.8, 4) is 0 Å². The fourth-order valence-electron chi connectivity index (χ4n) is 1.60. The molecule has 6 nitrogen and oxygen atoms in total. The van der Waals surface area contributed by atoms with Crippen molar-refractivity contribution in [2.75, 3.05) is 13.1 Å². The fraction of sp³-hybridized carbons (Fsp3) is 0.417. The third-order valence-corrected chi connectivity index (χ3v) is 2.36. The summed E-state index contributed by atoms with van der Waals surface area (Å²) in [5, 5.41) is 23.7. The van der Waals surface area contributed by atoms with Crippen LogP contribution in [0.15, 0.2) is 34.7 Å². The van der Waals surface area contributed by atoms with Gasteiger partial charge >= 0.3 is 0 Å². The zero-order chi connectivity index (χ0) is 13.4. The Morgan fingerprint density at radius 3 is 2.22 bits per heavy atom. The quantitative estimate of drug-likeness (QED) is 0.456. The highest BCUT2D eigenvalue weighted by atomic mass is 16.4. The molecule has 0 bridgehead atoms. The van der Waals surface area contributed by atoms with Crippen LogP contribution in [0.1, 0.15) is 19.5 Å². The summed E-state index contributed by atoms with van der Waals surface area (Å²) in [6.45, 7) is 5.04. The lowest BCUT2D eigenvalue weighted by molar-refractivity contribution is 0.294. The molecule has 0 fully saturated rings. The summed E-state index contributed by atoms with van der Waals surface area (Å²) < 4.78 is 0. The molecule has 0 saturated heterocycles. The molecule has 1 aromatic rings. The molecule has 98 valence electrons. The van der Waals surface area contributed by atoms with E-state index in [1.807, 2.05) is 23.1 Å². The topological polar surface area (TPSA) is 81.3 Å². The lowest BCUT2D eigenvalue weighted by Crippen LogP contribution is -2.33. The van der Waals surface area contributed by atoms with Crippen LogP contribution < -0.4 is 0 Å². The Balaban J connectivity index is 2.71. The maximum absolute atomic E-state index is 8.71. The third kappa shape index (κ3) is 4.92. The second kappa shape index (κ2) is 7.39. The molecular weight excluding hydrogens is 232 g/mol. The van der Waals surface area contributed by atoms with Crippen LogP contribution in [-0.2, 0) is 6.54 Å². The minimum Gasteiger partial charge on any atom is -0.411 e. The number of rotatable bonds is 6. The molecule has 0 aliphatic rings. The van der Waals surface area contributed by atoms with Crippen molar-refractivity contribution in [3.05, 3.63) is 30.1 Å². The van der Waals surface area contributed by atoms with E-state index in [2.05, 4.69) is 15.3 Å². The fourth-order valence-corrected chi connectivity index (χ4v) is 1.60. The van der Waals surface area contributed by atoms with Crippen LogP contribution in [-0.4, -0.2) is 44.8 Å². The van der Waals surface area contributed by atoms with E-state index in [0.717, 1.165) is 5.69 Å². The molecule has 1 aromatic heterocycles. The molecular formula is C12H18N4O2. The van der Waals surface area contributed by atoms with Crippen molar-refractivity contribution in [1.82, 2.24) is 9.88 Å². The summed E-state index contributed by atoms with van der Waals surface area (Å²) >= 11 is 0. The van der Waals surface area contributed by atoms with E-state index in [-0.39, 0.29) is 0 Å². The molecule has 0 aliphatic heterocycles. The number of nitrogens with zero attached hydrogens (tertiary/aromatic N) is 4. The van der Waals surface area contributed by atoms with Gasteiger partial charge in [0.2, 0.25) is 0 Å². The van der Waals surface area contributed by atoms with E-state index in [4.69, 9.17) is 10.4 Å². The van der Waals surface area contributed by atoms with Crippen LogP contribution in [0, 0.1) is 0 Å². The van der Waals surface area contributed by atoms with Gasteiger partial charge in [-0.25, -0.2) is 0 Å². The first kappa shape index (κ1) is 14.1. The highest BCUT2D eigenvalue weighted by molar-refractivity contribution is 5.86. The molecule has 18 heavy (non-hydrogen) atoms. The smallest absolute Gasteiger partial charge is 0.0680 e. The minimum atomic E-state index is 0.486. The predicted octanol–water partition coefficient (Wildman–Crippen LogP) is 1.58. The maximum atomic E-state index is 8.71. The van der Waals surface area contributed by atoms with E-state index in [0.29, 0.717) is 31.1 Å². The molecule has 0 radical (unpaired) electrons. The zero-order valence-electron chi connectivity index (χ0n) is 10.6. The van der Waals surface area contributed by atoms with Gasteiger partial charge in [-0.15, -0.1) is 0 Å². The summed E-state index contributed by atoms with van der Waals surface area (Å²) in [5.74, 6) is 0. The largest absolute Gasteiger partial charge is 0.411 e. The highest BCUT2D eigenvalue weighted by Gasteiger charge is 2.10. The summed E-state index contributed by atoms with van der Waals surface area (Å²) in [4.78, 5) is 6.22. The number of oxime groups is 2. The lowest BCUT2D eigenvalue weighted by Gasteiger charge is -2.20. The van der Waals surface area contributed by atoms with E-state index in [1.165, 1.54) is 0 Å². The average molecular weight is 250 g/mol. The summed E-state index contributed by atoms with van der Waals surface area (Å²) in [7, 11) is 0. The summed E-state index contributed by atoms with van der Waals surface area (Å²) in [5.41, 5.74) is 2.10. The van der Waals surface area contributed by atoms with Crippen LogP contribution in [0.25, 0.3) is 0 Å². The first-order chi connectivity index (χ1) is 8.65. The Kier molecular flexibility index (Phi) is 5.79. The van der Waals surface area contributed by atoms with Crippen molar-refractivity contribution in [2.24, 2.45) is 10.3 Å². The van der Waals surface area contributed by atoms with Crippen molar-refractivity contribution in [2.45, 2.75) is 20.4 Å². The van der Waals surface area contributed by atoms with Gasteiger partial charge in [-0.3, -0.25) is 9.88 Å². The van der Waals surface area contributed by atoms with Crippen LogP contribution >= 0.6 is 0 Å². The van der Waals surface area contributed by atoms with E-state index in [9.17, 15) is 0 Å². The number of aromatic nitrogens is 1. The zero-order valence-corrected chi connectivity index (χ0v) is 10.6. The molecule has 0 spiro atoms. The standard InChI is InChI=1S/C12H18N4O2/c1-10(14-17)7-16(8-11(2)15-18)9-12-5-3-4-6-13-12/h3-6,17-18H,7-9H2,1-2H3. The van der Waals surface area contributed by atoms with Gasteiger partial charge in [-0.1, -0.05) is 16.4 Å². The van der Waals surface area contributed by atoms with Crippen LogP contribution in [0.4, 0.5) is 0 Å². The van der Waals surface area contributed by atoms with Gasteiger partial charge in [0.05, 0.1) is 17.1 Å². The second-order valence-electron chi connectivity index (χ2n) is 4.14. The van der Waals surface area contributed by atoms with E-state index < -0.39 is 0 Å². The lowest BCUT2D eigenvalue weighted by atomic mass is 10.2. The van der Waals surface area contributed by atoms with E-state index >= 15 is 0 Å². The van der Waals surface area contributed by atoms with Crippen molar-refractivity contribution >= 4 is 11.4 Å². The molecule has 0 unspecified atom stereocenters. The van der Waals surface area contributed by atoms with Crippen LogP contribution in [0.2, 0.25) is 0 Å². The highest BCUT2D eigenvalue weighted by Crippen LogP contribution is 2.02. The number of pyridine rings is 1. The van der Waals surface area contributed by atoms with Crippen molar-refractivity contribution in [1.29, 1.82) is 0 Å². The van der Waals surface area contributed by atoms with Gasteiger partial charge in [0, 0.05) is 25.8 Å². The Bertz CT molecular complexity index is 397. The molecule has 1 heterocycles. The van der Waals surface area contributed by atoms with Gasteiger partial charge in [-0.2, -0.15) is 0 Å². The van der Waals surface area contributed by atoms with Gasteiger partial charge in [0.15, 0.2) is 0 Å². The summed E-state index contributed by atoms with van der Waals surface area (Å²) in [6.07, 6.45) is 1.73. The Morgan fingerprint density at radius 1 is 1.17 bits per heavy atom. The van der Waals surface area contributed by atoms with Gasteiger partial charge in [0.1, 0.15) is 0 Å². The molecule has 0 aromatic carbocycles. The Labute approximate surface area is 106 Å². The van der Waals surface area contributed by atoms with Gasteiger partial charge < -0.3 is 10.4 Å². The molecule has 0 atom stereocenters. The minimum absolute atomic E-state index is 0.486. The third-order valence-electron chi connectivity index (χ3n) is 2.36. The predicted molar refractivity (Wildman–Crippen MR) is 69.3 cm³/mol. The average Bonchev–Trinajstić information content (AvgIpc) is 2.39. The number of hydrogen-bond acceptors (Lipinski definition) is 6. The molecule has 2 N–H and O–H groups in total. The molecule has 0 aliphatic carbocycles. The maximum Gasteiger partial charge on any atom is 0.0680 e. The molecule has 1 rings (SSSR count). The van der Waals surface area contributed by atoms with Crippen LogP contribution in [0.3, 0.4) is 0 Å². The first-order valence-corrected chi connectivity index (χ1v) is 5.63. The second-order valence-corrected chi connectivity index (χ2v) is 4.14. The Hall–Kier alpha value is -1.95. The molecule has 6 heteroatoms. The molecule has 0 saturated carbocycles. The summed E-state index contributed by atoms with van der Waals surface area (Å²) in [6, 6.07) is 5.69. The van der Waals surface area contributed by atoms with Gasteiger partial charge in [-0.05, 0) is 26.0 Å². The van der Waals surface area contributed by atoms with Gasteiger partial charge in [0.25, 0.3) is 0 Å². The van der Waals surface area contributed by atoms with Crippen molar-refractivity contribution < 1.29 is 10.4 Å². The SMILES string of the molecule is CC(CN(CC(C)=NO)Cc1ccccn1)=NO. The Morgan fingerprint density at radius 2 is 1.78 bits per heavy atom. The van der Waals surface area contributed by atoms with Crippen molar-refractivity contribution in [3.63, 3.8) is 0 Å². The molecule has 0 amide bonds.